The Kier molecular flexibility index (Phi) is 5.54. The molecule has 0 atom stereocenters. The number of para-hydroxylation sites is 3. The fraction of sp³-hybridized carbons (Fsp3) is 0. The van der Waals surface area contributed by atoms with Crippen LogP contribution in [0.25, 0.3) is 88.8 Å². The number of benzene rings is 7. The van der Waals surface area contributed by atoms with E-state index in [1.807, 2.05) is 30.0 Å². The molecule has 7 aromatic carbocycles. The van der Waals surface area contributed by atoms with Gasteiger partial charge in [-0.3, -0.25) is 9.13 Å². The molecule has 3 aromatic heterocycles. The van der Waals surface area contributed by atoms with Crippen LogP contribution in [0.3, 0.4) is 0 Å². The van der Waals surface area contributed by atoms with E-state index in [0.29, 0.717) is 17.6 Å². The monoisotopic (exact) mass is 643 g/mol. The van der Waals surface area contributed by atoms with E-state index in [1.54, 1.807) is 0 Å². The van der Waals surface area contributed by atoms with Crippen molar-refractivity contribution >= 4 is 66.1 Å². The summed E-state index contributed by atoms with van der Waals surface area (Å²) in [5.41, 5.74) is 6.38. The molecule has 1 aliphatic rings. The van der Waals surface area contributed by atoms with Crippen molar-refractivity contribution in [1.29, 1.82) is 0 Å². The molecule has 1 aliphatic heterocycles. The smallest absolute Gasteiger partial charge is 0.239 e. The number of hydrogen-bond donors (Lipinski definition) is 0. The molecule has 11 rings (SSSR count). The molecule has 0 saturated carbocycles. The lowest BCUT2D eigenvalue weighted by molar-refractivity contribution is 0.927. The van der Waals surface area contributed by atoms with Gasteiger partial charge in [0.25, 0.3) is 0 Å². The van der Waals surface area contributed by atoms with Crippen LogP contribution in [0, 0.1) is 0 Å². The zero-order valence-corrected chi connectivity index (χ0v) is 26.9. The van der Waals surface area contributed by atoms with Crippen LogP contribution in [0.4, 0.5) is 0 Å². The maximum Gasteiger partial charge on any atom is 0.239 e. The van der Waals surface area contributed by atoms with Gasteiger partial charge in [-0.1, -0.05) is 133 Å². The second-order valence-electron chi connectivity index (χ2n) is 12.5. The summed E-state index contributed by atoms with van der Waals surface area (Å²) >= 11 is 1.83. The van der Waals surface area contributed by atoms with Crippen LogP contribution in [-0.2, 0) is 0 Å². The van der Waals surface area contributed by atoms with Crippen molar-refractivity contribution in [1.82, 2.24) is 24.1 Å². The first kappa shape index (κ1) is 26.8. The number of rotatable bonds is 3. The van der Waals surface area contributed by atoms with E-state index < -0.39 is 0 Å². The summed E-state index contributed by atoms with van der Waals surface area (Å²) in [5.74, 6) is 1.86. The second-order valence-corrected chi connectivity index (χ2v) is 13.6. The standard InChI is InChI=1S/C43H25N5S/c1-2-12-28(13-3-1)40-44-41(29-24-23-27-22-21-26-11-4-5-14-30(26)33(27)25-29)46-43(45-40)48-34-17-7-6-15-31(34)38-32-16-10-20-37-39(32)47(42(38)48)35-18-8-9-19-36(35)49-37/h1-25H. The molecular formula is C43H25N5S. The predicted molar refractivity (Wildman–Crippen MR) is 201 cm³/mol. The summed E-state index contributed by atoms with van der Waals surface area (Å²) in [7, 11) is 0. The van der Waals surface area contributed by atoms with Crippen molar-refractivity contribution in [3.63, 3.8) is 0 Å². The lowest BCUT2D eigenvalue weighted by Crippen LogP contribution is -2.10. The molecule has 0 spiro atoms. The van der Waals surface area contributed by atoms with Gasteiger partial charge in [-0.2, -0.15) is 9.97 Å². The Balaban J connectivity index is 1.27. The lowest BCUT2D eigenvalue weighted by Gasteiger charge is -2.20. The average molecular weight is 644 g/mol. The minimum absolute atomic E-state index is 0.587. The summed E-state index contributed by atoms with van der Waals surface area (Å²) in [6.45, 7) is 0. The minimum Gasteiger partial charge on any atom is -0.293 e. The first-order chi connectivity index (χ1) is 24.3. The molecule has 0 N–H and O–H groups in total. The van der Waals surface area contributed by atoms with E-state index in [0.717, 1.165) is 28.0 Å². The summed E-state index contributed by atoms with van der Waals surface area (Å²) in [6.07, 6.45) is 0. The van der Waals surface area contributed by atoms with Crippen molar-refractivity contribution < 1.29 is 0 Å². The highest BCUT2D eigenvalue weighted by Crippen LogP contribution is 2.49. The molecule has 4 heterocycles. The Morgan fingerprint density at radius 2 is 1.12 bits per heavy atom. The van der Waals surface area contributed by atoms with Gasteiger partial charge in [0.1, 0.15) is 5.65 Å². The Bertz CT molecular complexity index is 2980. The van der Waals surface area contributed by atoms with Crippen LogP contribution in [-0.4, -0.2) is 24.1 Å². The van der Waals surface area contributed by atoms with E-state index in [-0.39, 0.29) is 0 Å². The molecule has 10 aromatic rings. The molecular weight excluding hydrogens is 619 g/mol. The van der Waals surface area contributed by atoms with Crippen molar-refractivity contribution in [2.75, 3.05) is 0 Å². The van der Waals surface area contributed by atoms with Gasteiger partial charge < -0.3 is 0 Å². The zero-order valence-electron chi connectivity index (χ0n) is 26.1. The van der Waals surface area contributed by atoms with Crippen LogP contribution in [0.5, 0.6) is 0 Å². The molecule has 6 heteroatoms. The molecule has 5 nitrogen and oxygen atoms in total. The van der Waals surface area contributed by atoms with Crippen molar-refractivity contribution in [2.45, 2.75) is 9.79 Å². The summed E-state index contributed by atoms with van der Waals surface area (Å²) in [5, 5.41) is 8.38. The summed E-state index contributed by atoms with van der Waals surface area (Å²) < 4.78 is 4.66. The molecule has 0 aliphatic carbocycles. The third-order valence-electron chi connectivity index (χ3n) is 9.74. The van der Waals surface area contributed by atoms with Gasteiger partial charge in [0.05, 0.1) is 16.7 Å². The first-order valence-corrected chi connectivity index (χ1v) is 17.2. The van der Waals surface area contributed by atoms with Gasteiger partial charge in [0, 0.05) is 37.1 Å². The van der Waals surface area contributed by atoms with E-state index in [9.17, 15) is 0 Å². The number of aromatic nitrogens is 5. The highest BCUT2D eigenvalue weighted by Gasteiger charge is 2.28. The average Bonchev–Trinajstić information content (AvgIpc) is 3.69. The molecule has 0 unspecified atom stereocenters. The Morgan fingerprint density at radius 1 is 0.449 bits per heavy atom. The van der Waals surface area contributed by atoms with Crippen LogP contribution < -0.4 is 0 Å². The number of hydrogen-bond acceptors (Lipinski definition) is 4. The summed E-state index contributed by atoms with van der Waals surface area (Å²) in [6, 6.07) is 53.6. The third-order valence-corrected chi connectivity index (χ3v) is 10.9. The van der Waals surface area contributed by atoms with Gasteiger partial charge in [-0.25, -0.2) is 4.98 Å². The van der Waals surface area contributed by atoms with Gasteiger partial charge in [0.2, 0.25) is 5.95 Å². The first-order valence-electron chi connectivity index (χ1n) is 16.4. The summed E-state index contributed by atoms with van der Waals surface area (Å²) in [4.78, 5) is 18.2. The largest absolute Gasteiger partial charge is 0.293 e. The highest BCUT2D eigenvalue weighted by atomic mass is 32.2. The number of nitrogens with zero attached hydrogens (tertiary/aromatic N) is 5. The van der Waals surface area contributed by atoms with E-state index in [2.05, 4.69) is 143 Å². The second kappa shape index (κ2) is 10.1. The molecule has 0 amide bonds. The predicted octanol–water partition coefficient (Wildman–Crippen LogP) is 11.0. The van der Waals surface area contributed by atoms with E-state index >= 15 is 0 Å². The van der Waals surface area contributed by atoms with Crippen LogP contribution in [0.15, 0.2) is 161 Å². The SMILES string of the molecule is c1ccc(-c2nc(-c3ccc4ccc5ccccc5c4c3)nc(-n3c4ccccc4c4c5cccc6c5n(c43)-c3ccccc3S6)n2)cc1. The van der Waals surface area contributed by atoms with E-state index in [1.165, 1.54) is 53.0 Å². The molecule has 0 bridgehead atoms. The van der Waals surface area contributed by atoms with Crippen molar-refractivity contribution in [3.8, 4) is 34.4 Å². The quantitative estimate of drug-likeness (QED) is 0.180. The van der Waals surface area contributed by atoms with Crippen molar-refractivity contribution in [3.05, 3.63) is 152 Å². The van der Waals surface area contributed by atoms with Gasteiger partial charge in [-0.05, 0) is 51.9 Å². The normalized spacial score (nSPS) is 12.4. The molecule has 0 saturated heterocycles. The Hall–Kier alpha value is -6.24. The van der Waals surface area contributed by atoms with Crippen LogP contribution in [0.1, 0.15) is 0 Å². The highest BCUT2D eigenvalue weighted by molar-refractivity contribution is 7.99. The van der Waals surface area contributed by atoms with Crippen LogP contribution in [0.2, 0.25) is 0 Å². The fourth-order valence-electron chi connectivity index (χ4n) is 7.58. The van der Waals surface area contributed by atoms with Gasteiger partial charge >= 0.3 is 0 Å². The van der Waals surface area contributed by atoms with Crippen LogP contribution >= 0.6 is 11.8 Å². The lowest BCUT2D eigenvalue weighted by atomic mass is 10.00. The minimum atomic E-state index is 0.587. The van der Waals surface area contributed by atoms with E-state index in [4.69, 9.17) is 15.0 Å². The third kappa shape index (κ3) is 3.86. The fourth-order valence-corrected chi connectivity index (χ4v) is 8.67. The van der Waals surface area contributed by atoms with Gasteiger partial charge in [-0.15, -0.1) is 0 Å². The molecule has 228 valence electrons. The zero-order chi connectivity index (χ0) is 32.1. The topological polar surface area (TPSA) is 48.5 Å². The van der Waals surface area contributed by atoms with Gasteiger partial charge in [0.15, 0.2) is 11.6 Å². The number of fused-ring (bicyclic) bond motifs is 10. The maximum absolute atomic E-state index is 5.32. The molecule has 0 fully saturated rings. The maximum atomic E-state index is 5.32. The molecule has 49 heavy (non-hydrogen) atoms. The Labute approximate surface area is 285 Å². The Morgan fingerprint density at radius 3 is 2.02 bits per heavy atom. The molecule has 0 radical (unpaired) electrons. The van der Waals surface area contributed by atoms with Crippen molar-refractivity contribution in [2.24, 2.45) is 0 Å².